The predicted molar refractivity (Wildman–Crippen MR) is 92.9 cm³/mol. The van der Waals surface area contributed by atoms with Crippen molar-refractivity contribution in [3.63, 3.8) is 0 Å². The van der Waals surface area contributed by atoms with Crippen LogP contribution in [0.5, 0.6) is 0 Å². The van der Waals surface area contributed by atoms with Crippen molar-refractivity contribution in [1.29, 1.82) is 5.26 Å². The summed E-state index contributed by atoms with van der Waals surface area (Å²) < 4.78 is 0. The molecule has 0 spiro atoms. The average molecular weight is 315 g/mol. The number of nitrogens with zero attached hydrogens (tertiary/aromatic N) is 2. The minimum atomic E-state index is -0.416. The van der Waals surface area contributed by atoms with Gasteiger partial charge in [0.05, 0.1) is 0 Å². The maximum atomic E-state index is 12.0. The first kappa shape index (κ1) is 18.7. The van der Waals surface area contributed by atoms with Crippen molar-refractivity contribution in [2.75, 3.05) is 31.1 Å². The lowest BCUT2D eigenvalue weighted by molar-refractivity contribution is -0.117. The number of rotatable bonds is 8. The fourth-order valence-electron chi connectivity index (χ4n) is 2.11. The van der Waals surface area contributed by atoms with E-state index in [-0.39, 0.29) is 18.1 Å². The van der Waals surface area contributed by atoms with Crippen LogP contribution < -0.4 is 10.2 Å². The number of carbonyl (C=O) groups excluding carboxylic acids is 1. The van der Waals surface area contributed by atoms with Crippen LogP contribution in [0.4, 0.5) is 5.69 Å². The Balaban J connectivity index is 2.82. The van der Waals surface area contributed by atoms with Crippen LogP contribution in [0.1, 0.15) is 26.3 Å². The minimum Gasteiger partial charge on any atom is -0.396 e. The number of hydrogen-bond acceptors (Lipinski definition) is 4. The Bertz CT molecular complexity index is 569. The second-order valence-electron chi connectivity index (χ2n) is 5.43. The molecule has 1 aromatic rings. The molecule has 1 rings (SSSR count). The van der Waals surface area contributed by atoms with E-state index in [9.17, 15) is 4.79 Å². The van der Waals surface area contributed by atoms with Gasteiger partial charge >= 0.3 is 0 Å². The Labute approximate surface area is 138 Å². The highest BCUT2D eigenvalue weighted by atomic mass is 16.3. The van der Waals surface area contributed by atoms with Crippen LogP contribution in [0.3, 0.4) is 0 Å². The molecule has 0 heterocycles. The first-order valence-corrected chi connectivity index (χ1v) is 7.91. The van der Waals surface area contributed by atoms with E-state index in [1.54, 1.807) is 6.08 Å². The van der Waals surface area contributed by atoms with Crippen LogP contribution in [0.15, 0.2) is 29.8 Å². The molecule has 0 aliphatic heterocycles. The number of nitriles is 1. The van der Waals surface area contributed by atoms with E-state index in [2.05, 4.69) is 24.1 Å². The predicted octanol–water partition coefficient (Wildman–Crippen LogP) is 2.18. The number of nitrogens with one attached hydrogen (secondary N) is 1. The number of aliphatic hydroxyl groups excluding tert-OH is 1. The van der Waals surface area contributed by atoms with Crippen molar-refractivity contribution in [2.45, 2.75) is 20.8 Å². The van der Waals surface area contributed by atoms with E-state index < -0.39 is 5.91 Å². The van der Waals surface area contributed by atoms with Crippen LogP contribution in [-0.2, 0) is 4.79 Å². The maximum absolute atomic E-state index is 12.0. The number of anilines is 1. The van der Waals surface area contributed by atoms with Gasteiger partial charge in [0.15, 0.2) is 0 Å². The van der Waals surface area contributed by atoms with Crippen molar-refractivity contribution < 1.29 is 9.90 Å². The highest BCUT2D eigenvalue weighted by Gasteiger charge is 2.10. The van der Waals surface area contributed by atoms with Crippen molar-refractivity contribution in [3.8, 4) is 6.07 Å². The van der Waals surface area contributed by atoms with Crippen LogP contribution in [-0.4, -0.2) is 37.3 Å². The summed E-state index contributed by atoms with van der Waals surface area (Å²) in [6, 6.07) is 9.69. The smallest absolute Gasteiger partial charge is 0.261 e. The number of carbonyl (C=O) groups is 1. The summed E-state index contributed by atoms with van der Waals surface area (Å²) in [6.45, 7) is 8.22. The molecular formula is C18H25N3O2. The average Bonchev–Trinajstić information content (AvgIpc) is 2.59. The van der Waals surface area contributed by atoms with E-state index >= 15 is 0 Å². The van der Waals surface area contributed by atoms with Gasteiger partial charge < -0.3 is 15.3 Å². The van der Waals surface area contributed by atoms with E-state index in [1.807, 2.05) is 37.3 Å². The number of amides is 1. The van der Waals surface area contributed by atoms with Crippen LogP contribution in [0.2, 0.25) is 0 Å². The van der Waals surface area contributed by atoms with Crippen molar-refractivity contribution in [3.05, 3.63) is 35.4 Å². The molecule has 5 nitrogen and oxygen atoms in total. The lowest BCUT2D eigenvalue weighted by atomic mass is 10.1. The zero-order valence-electron chi connectivity index (χ0n) is 14.0. The fourth-order valence-corrected chi connectivity index (χ4v) is 2.11. The minimum absolute atomic E-state index is 0.00129. The molecule has 0 fully saturated rings. The second-order valence-corrected chi connectivity index (χ2v) is 5.43. The molecule has 23 heavy (non-hydrogen) atoms. The van der Waals surface area contributed by atoms with E-state index in [1.165, 1.54) is 0 Å². The molecular weight excluding hydrogens is 290 g/mol. The molecule has 1 aromatic carbocycles. The Kier molecular flexibility index (Phi) is 7.86. The summed E-state index contributed by atoms with van der Waals surface area (Å²) in [5, 5.41) is 20.8. The zero-order chi connectivity index (χ0) is 17.2. The van der Waals surface area contributed by atoms with Gasteiger partial charge in [-0.15, -0.1) is 0 Å². The van der Waals surface area contributed by atoms with Crippen molar-refractivity contribution >= 4 is 17.7 Å². The standard InChI is InChI=1S/C18H25N3O2/c1-4-21(5-2)17-8-6-15(7-9-17)10-16(11-19)18(23)20-12-14(3)13-22/h6-10,14,22H,4-5,12-13H2,1-3H3,(H,20,23). The Morgan fingerprint density at radius 2 is 1.96 bits per heavy atom. The number of benzene rings is 1. The number of hydrogen-bond donors (Lipinski definition) is 2. The van der Waals surface area contributed by atoms with Gasteiger partial charge in [0.25, 0.3) is 5.91 Å². The van der Waals surface area contributed by atoms with Crippen LogP contribution in [0.25, 0.3) is 6.08 Å². The first-order chi connectivity index (χ1) is 11.0. The molecule has 0 aliphatic rings. The van der Waals surface area contributed by atoms with Crippen LogP contribution in [0, 0.1) is 17.2 Å². The van der Waals surface area contributed by atoms with Crippen molar-refractivity contribution in [2.24, 2.45) is 5.92 Å². The maximum Gasteiger partial charge on any atom is 0.261 e. The fraction of sp³-hybridized carbons (Fsp3) is 0.444. The summed E-state index contributed by atoms with van der Waals surface area (Å²) in [4.78, 5) is 14.2. The topological polar surface area (TPSA) is 76.4 Å². The summed E-state index contributed by atoms with van der Waals surface area (Å²) in [5.74, 6) is -0.451. The molecule has 2 N–H and O–H groups in total. The third-order valence-corrected chi connectivity index (χ3v) is 3.62. The van der Waals surface area contributed by atoms with Crippen molar-refractivity contribution in [1.82, 2.24) is 5.32 Å². The lowest BCUT2D eigenvalue weighted by Crippen LogP contribution is -2.30. The normalized spacial score (nSPS) is 12.4. The molecule has 1 amide bonds. The summed E-state index contributed by atoms with van der Waals surface area (Å²) in [7, 11) is 0. The van der Waals surface area contributed by atoms with E-state index in [4.69, 9.17) is 10.4 Å². The zero-order valence-corrected chi connectivity index (χ0v) is 14.0. The summed E-state index contributed by atoms with van der Waals surface area (Å²) >= 11 is 0. The third-order valence-electron chi connectivity index (χ3n) is 3.62. The first-order valence-electron chi connectivity index (χ1n) is 7.91. The van der Waals surface area contributed by atoms with Gasteiger partial charge in [0.2, 0.25) is 0 Å². The largest absolute Gasteiger partial charge is 0.396 e. The molecule has 0 bridgehead atoms. The van der Waals surface area contributed by atoms with Gasteiger partial charge in [0, 0.05) is 31.9 Å². The van der Waals surface area contributed by atoms with Gasteiger partial charge in [-0.1, -0.05) is 19.1 Å². The monoisotopic (exact) mass is 315 g/mol. The third kappa shape index (κ3) is 5.76. The lowest BCUT2D eigenvalue weighted by Gasteiger charge is -2.20. The van der Waals surface area contributed by atoms with E-state index in [0.29, 0.717) is 6.54 Å². The molecule has 0 aliphatic carbocycles. The molecule has 1 atom stereocenters. The highest BCUT2D eigenvalue weighted by molar-refractivity contribution is 6.01. The van der Waals surface area contributed by atoms with Gasteiger partial charge in [-0.3, -0.25) is 4.79 Å². The molecule has 0 saturated carbocycles. The molecule has 0 aromatic heterocycles. The van der Waals surface area contributed by atoms with Gasteiger partial charge in [0.1, 0.15) is 11.6 Å². The van der Waals surface area contributed by atoms with E-state index in [0.717, 1.165) is 24.3 Å². The Morgan fingerprint density at radius 3 is 2.43 bits per heavy atom. The van der Waals surface area contributed by atoms with Gasteiger partial charge in [-0.05, 0) is 43.5 Å². The van der Waals surface area contributed by atoms with Gasteiger partial charge in [-0.25, -0.2) is 0 Å². The molecule has 1 unspecified atom stereocenters. The van der Waals surface area contributed by atoms with Gasteiger partial charge in [-0.2, -0.15) is 5.26 Å². The Morgan fingerprint density at radius 1 is 1.35 bits per heavy atom. The van der Waals surface area contributed by atoms with Crippen LogP contribution >= 0.6 is 0 Å². The highest BCUT2D eigenvalue weighted by Crippen LogP contribution is 2.16. The quantitative estimate of drug-likeness (QED) is 0.569. The molecule has 0 saturated heterocycles. The molecule has 0 radical (unpaired) electrons. The summed E-state index contributed by atoms with van der Waals surface area (Å²) in [5.41, 5.74) is 1.99. The Hall–Kier alpha value is -2.32. The summed E-state index contributed by atoms with van der Waals surface area (Å²) in [6.07, 6.45) is 1.57. The number of aliphatic hydroxyl groups is 1. The molecule has 124 valence electrons. The molecule has 5 heteroatoms. The SMILES string of the molecule is CCN(CC)c1ccc(C=C(C#N)C(=O)NCC(C)CO)cc1. The second kappa shape index (κ2) is 9.65.